The molecule has 2 heterocycles. The Labute approximate surface area is 170 Å². The highest BCUT2D eigenvalue weighted by Crippen LogP contribution is 2.28. The third-order valence-electron chi connectivity index (χ3n) is 4.39. The first kappa shape index (κ1) is 19.1. The molecule has 0 fully saturated rings. The standard InChI is InChI=1S/C21H15N3O6/c1-12-10-17(23-30-12)22-18(25)11-29-21(28)13-6-8-14(9-7-13)24-19(26)15-4-2-3-5-16(15)20(24)27/h2-10H,11H2,1H3,(H,22,23,25). The molecular weight excluding hydrogens is 390 g/mol. The highest BCUT2D eigenvalue weighted by atomic mass is 16.5. The summed E-state index contributed by atoms with van der Waals surface area (Å²) in [6, 6.07) is 13.9. The van der Waals surface area contributed by atoms with Crippen LogP contribution >= 0.6 is 0 Å². The largest absolute Gasteiger partial charge is 0.452 e. The molecule has 1 aliphatic rings. The van der Waals surface area contributed by atoms with Crippen LogP contribution in [0, 0.1) is 6.92 Å². The number of aromatic nitrogens is 1. The maximum Gasteiger partial charge on any atom is 0.338 e. The molecule has 0 spiro atoms. The minimum Gasteiger partial charge on any atom is -0.452 e. The summed E-state index contributed by atoms with van der Waals surface area (Å²) in [5.74, 6) is -1.40. The predicted octanol–water partition coefficient (Wildman–Crippen LogP) is 2.58. The lowest BCUT2D eigenvalue weighted by Gasteiger charge is -2.14. The number of fused-ring (bicyclic) bond motifs is 1. The van der Waals surface area contributed by atoms with Crippen LogP contribution in [0.5, 0.6) is 0 Å². The van der Waals surface area contributed by atoms with Gasteiger partial charge in [-0.1, -0.05) is 17.3 Å². The number of aryl methyl sites for hydroxylation is 1. The molecule has 9 heteroatoms. The number of hydrogen-bond donors (Lipinski definition) is 1. The number of ether oxygens (including phenoxy) is 1. The van der Waals surface area contributed by atoms with E-state index in [0.717, 1.165) is 4.90 Å². The van der Waals surface area contributed by atoms with Crippen molar-refractivity contribution in [3.63, 3.8) is 0 Å². The topological polar surface area (TPSA) is 119 Å². The van der Waals surface area contributed by atoms with E-state index in [0.29, 0.717) is 22.6 Å². The smallest absolute Gasteiger partial charge is 0.338 e. The minimum atomic E-state index is -0.726. The van der Waals surface area contributed by atoms with Gasteiger partial charge in [-0.15, -0.1) is 0 Å². The highest BCUT2D eigenvalue weighted by molar-refractivity contribution is 6.34. The van der Waals surface area contributed by atoms with E-state index in [2.05, 4.69) is 10.5 Å². The van der Waals surface area contributed by atoms with Crippen molar-refractivity contribution in [3.8, 4) is 0 Å². The molecule has 0 bridgehead atoms. The van der Waals surface area contributed by atoms with Crippen LogP contribution in [0.25, 0.3) is 0 Å². The fraction of sp³-hybridized carbons (Fsp3) is 0.0952. The zero-order chi connectivity index (χ0) is 21.3. The number of nitrogens with one attached hydrogen (secondary N) is 1. The molecule has 0 unspecified atom stereocenters. The van der Waals surface area contributed by atoms with Gasteiger partial charge in [-0.05, 0) is 43.3 Å². The van der Waals surface area contributed by atoms with Crippen molar-refractivity contribution in [1.82, 2.24) is 5.16 Å². The second-order valence-corrected chi connectivity index (χ2v) is 6.49. The van der Waals surface area contributed by atoms with Gasteiger partial charge in [-0.25, -0.2) is 9.69 Å². The summed E-state index contributed by atoms with van der Waals surface area (Å²) in [6.07, 6.45) is 0. The summed E-state index contributed by atoms with van der Waals surface area (Å²) in [6.45, 7) is 1.17. The average molecular weight is 405 g/mol. The summed E-state index contributed by atoms with van der Waals surface area (Å²) in [5, 5.41) is 6.04. The first-order valence-electron chi connectivity index (χ1n) is 8.92. The van der Waals surface area contributed by atoms with Crippen molar-refractivity contribution in [3.05, 3.63) is 77.0 Å². The van der Waals surface area contributed by atoms with Crippen LogP contribution in [0.1, 0.15) is 36.8 Å². The third kappa shape index (κ3) is 3.55. The Morgan fingerprint density at radius 2 is 1.67 bits per heavy atom. The van der Waals surface area contributed by atoms with E-state index in [4.69, 9.17) is 9.26 Å². The second kappa shape index (κ2) is 7.63. The maximum atomic E-state index is 12.5. The average Bonchev–Trinajstić information content (AvgIpc) is 3.27. The van der Waals surface area contributed by atoms with Gasteiger partial charge in [0.25, 0.3) is 17.7 Å². The van der Waals surface area contributed by atoms with Crippen LogP contribution in [0.15, 0.2) is 59.1 Å². The number of esters is 1. The molecule has 0 saturated heterocycles. The van der Waals surface area contributed by atoms with E-state index in [1.165, 1.54) is 30.3 Å². The lowest BCUT2D eigenvalue weighted by atomic mass is 10.1. The Bertz CT molecular complexity index is 1130. The van der Waals surface area contributed by atoms with E-state index >= 15 is 0 Å². The Hall–Kier alpha value is -4.27. The van der Waals surface area contributed by atoms with Crippen molar-refractivity contribution in [2.75, 3.05) is 16.8 Å². The number of hydrogen-bond acceptors (Lipinski definition) is 7. The van der Waals surface area contributed by atoms with Crippen molar-refractivity contribution < 1.29 is 28.4 Å². The zero-order valence-electron chi connectivity index (χ0n) is 15.7. The summed E-state index contributed by atoms with van der Waals surface area (Å²) < 4.78 is 9.80. The molecule has 4 rings (SSSR count). The maximum absolute atomic E-state index is 12.5. The molecule has 0 aliphatic carbocycles. The van der Waals surface area contributed by atoms with Crippen molar-refractivity contribution in [2.45, 2.75) is 6.92 Å². The quantitative estimate of drug-likeness (QED) is 0.512. The van der Waals surface area contributed by atoms with Gasteiger partial charge < -0.3 is 14.6 Å². The molecule has 3 amide bonds. The highest BCUT2D eigenvalue weighted by Gasteiger charge is 2.36. The first-order valence-corrected chi connectivity index (χ1v) is 8.92. The second-order valence-electron chi connectivity index (χ2n) is 6.49. The van der Waals surface area contributed by atoms with Crippen LogP contribution in [0.4, 0.5) is 11.5 Å². The van der Waals surface area contributed by atoms with Crippen molar-refractivity contribution in [2.24, 2.45) is 0 Å². The minimum absolute atomic E-state index is 0.167. The van der Waals surface area contributed by atoms with Gasteiger partial charge >= 0.3 is 5.97 Å². The molecule has 1 aromatic heterocycles. The molecule has 2 aromatic carbocycles. The van der Waals surface area contributed by atoms with E-state index < -0.39 is 30.3 Å². The number of anilines is 2. The Morgan fingerprint density at radius 3 is 2.23 bits per heavy atom. The predicted molar refractivity (Wildman–Crippen MR) is 104 cm³/mol. The Morgan fingerprint density at radius 1 is 1.03 bits per heavy atom. The van der Waals surface area contributed by atoms with Gasteiger partial charge in [0.2, 0.25) is 0 Å². The van der Waals surface area contributed by atoms with Crippen molar-refractivity contribution >= 4 is 35.2 Å². The van der Waals surface area contributed by atoms with Gasteiger partial charge in [0, 0.05) is 6.07 Å². The molecule has 9 nitrogen and oxygen atoms in total. The zero-order valence-corrected chi connectivity index (χ0v) is 15.7. The number of nitrogens with zero attached hydrogens (tertiary/aromatic N) is 2. The van der Waals surface area contributed by atoms with E-state index in [1.807, 2.05) is 0 Å². The molecular formula is C21H15N3O6. The number of carbonyl (C=O) groups is 4. The lowest BCUT2D eigenvalue weighted by Crippen LogP contribution is -2.29. The van der Waals surface area contributed by atoms with Crippen LogP contribution in [-0.4, -0.2) is 35.5 Å². The van der Waals surface area contributed by atoms with Crippen LogP contribution in [0.3, 0.4) is 0 Å². The number of amides is 3. The fourth-order valence-electron chi connectivity index (χ4n) is 2.99. The van der Waals surface area contributed by atoms with Crippen LogP contribution in [-0.2, 0) is 9.53 Å². The lowest BCUT2D eigenvalue weighted by molar-refractivity contribution is -0.119. The van der Waals surface area contributed by atoms with E-state index in [9.17, 15) is 19.2 Å². The monoisotopic (exact) mass is 405 g/mol. The molecule has 1 aliphatic heterocycles. The normalized spacial score (nSPS) is 12.6. The summed E-state index contributed by atoms with van der Waals surface area (Å²) in [4.78, 5) is 50.0. The van der Waals surface area contributed by atoms with Gasteiger partial charge in [0.05, 0.1) is 22.4 Å². The third-order valence-corrected chi connectivity index (χ3v) is 4.39. The molecule has 0 saturated carbocycles. The van der Waals surface area contributed by atoms with Gasteiger partial charge in [0.15, 0.2) is 12.4 Å². The Balaban J connectivity index is 1.39. The van der Waals surface area contributed by atoms with Gasteiger partial charge in [-0.3, -0.25) is 14.4 Å². The van der Waals surface area contributed by atoms with Crippen LogP contribution in [0.2, 0.25) is 0 Å². The van der Waals surface area contributed by atoms with Crippen molar-refractivity contribution in [1.29, 1.82) is 0 Å². The van der Waals surface area contributed by atoms with E-state index in [-0.39, 0.29) is 11.4 Å². The molecule has 3 aromatic rings. The fourth-order valence-corrected chi connectivity index (χ4v) is 2.99. The molecule has 0 atom stereocenters. The summed E-state index contributed by atoms with van der Waals surface area (Å²) >= 11 is 0. The summed E-state index contributed by atoms with van der Waals surface area (Å²) in [7, 11) is 0. The van der Waals surface area contributed by atoms with Gasteiger partial charge in [-0.2, -0.15) is 0 Å². The first-order chi connectivity index (χ1) is 14.4. The van der Waals surface area contributed by atoms with E-state index in [1.54, 1.807) is 31.2 Å². The van der Waals surface area contributed by atoms with Crippen LogP contribution < -0.4 is 10.2 Å². The van der Waals surface area contributed by atoms with Gasteiger partial charge in [0.1, 0.15) is 5.76 Å². The molecule has 0 radical (unpaired) electrons. The SMILES string of the molecule is Cc1cc(NC(=O)COC(=O)c2ccc(N3C(=O)c4ccccc4C3=O)cc2)no1. The number of rotatable bonds is 5. The number of imide groups is 1. The summed E-state index contributed by atoms with van der Waals surface area (Å²) in [5.41, 5.74) is 1.16. The molecule has 1 N–H and O–H groups in total. The molecule has 30 heavy (non-hydrogen) atoms. The number of carbonyl (C=O) groups excluding carboxylic acids is 4. The Kier molecular flexibility index (Phi) is 4.85. The molecule has 150 valence electrons. The number of benzene rings is 2.